The second-order valence-corrected chi connectivity index (χ2v) is 4.97. The van der Waals surface area contributed by atoms with Gasteiger partial charge in [-0.2, -0.15) is 10.2 Å². The number of benzene rings is 1. The molecule has 0 aromatic heterocycles. The first kappa shape index (κ1) is 16.3. The number of hydrogen-bond donors (Lipinski definition) is 2. The maximum atomic E-state index is 11.7. The Morgan fingerprint density at radius 2 is 2.35 bits per heavy atom. The summed E-state index contributed by atoms with van der Waals surface area (Å²) in [5, 5.41) is 18.2. The SMILES string of the molecule is CC1=NNC(=O)[C@H]1CCC(=O)N/N=C\c1cccc([N+](=O)[O-])c1. The number of hydrogen-bond acceptors (Lipinski definition) is 6. The van der Waals surface area contributed by atoms with Crippen molar-refractivity contribution in [2.75, 3.05) is 0 Å². The zero-order chi connectivity index (χ0) is 16.8. The Labute approximate surface area is 131 Å². The van der Waals surface area contributed by atoms with Crippen LogP contribution in [0.3, 0.4) is 0 Å². The molecule has 120 valence electrons. The van der Waals surface area contributed by atoms with Gasteiger partial charge in [0.1, 0.15) is 0 Å². The third kappa shape index (κ3) is 4.43. The molecule has 2 rings (SSSR count). The van der Waals surface area contributed by atoms with Crippen molar-refractivity contribution in [2.24, 2.45) is 16.1 Å². The summed E-state index contributed by atoms with van der Waals surface area (Å²) in [5.74, 6) is -0.948. The summed E-state index contributed by atoms with van der Waals surface area (Å²) in [6, 6.07) is 5.87. The molecule has 0 saturated carbocycles. The zero-order valence-electron chi connectivity index (χ0n) is 12.4. The molecule has 1 heterocycles. The summed E-state index contributed by atoms with van der Waals surface area (Å²) in [4.78, 5) is 33.3. The van der Waals surface area contributed by atoms with Crippen LogP contribution in [0.2, 0.25) is 0 Å². The number of nitro benzene ring substituents is 1. The number of rotatable bonds is 6. The average molecular weight is 317 g/mol. The fourth-order valence-electron chi connectivity index (χ4n) is 2.06. The Morgan fingerprint density at radius 3 is 3.00 bits per heavy atom. The van der Waals surface area contributed by atoms with Crippen LogP contribution in [-0.4, -0.2) is 28.7 Å². The van der Waals surface area contributed by atoms with E-state index in [-0.39, 0.29) is 29.8 Å². The number of nitro groups is 1. The first-order valence-electron chi connectivity index (χ1n) is 6.88. The monoisotopic (exact) mass is 317 g/mol. The lowest BCUT2D eigenvalue weighted by Gasteiger charge is -2.06. The van der Waals surface area contributed by atoms with Crippen molar-refractivity contribution in [1.29, 1.82) is 0 Å². The van der Waals surface area contributed by atoms with Crippen LogP contribution in [0.15, 0.2) is 34.5 Å². The lowest BCUT2D eigenvalue weighted by molar-refractivity contribution is -0.384. The highest BCUT2D eigenvalue weighted by molar-refractivity contribution is 6.07. The van der Waals surface area contributed by atoms with Crippen molar-refractivity contribution in [3.63, 3.8) is 0 Å². The van der Waals surface area contributed by atoms with Gasteiger partial charge >= 0.3 is 0 Å². The summed E-state index contributed by atoms with van der Waals surface area (Å²) < 4.78 is 0. The van der Waals surface area contributed by atoms with E-state index in [1.807, 2.05) is 0 Å². The number of carbonyl (C=O) groups is 2. The Bertz CT molecular complexity index is 698. The highest BCUT2D eigenvalue weighted by Gasteiger charge is 2.26. The van der Waals surface area contributed by atoms with Crippen LogP contribution in [0.1, 0.15) is 25.3 Å². The van der Waals surface area contributed by atoms with E-state index in [9.17, 15) is 19.7 Å². The molecule has 1 aliphatic heterocycles. The molecule has 0 saturated heterocycles. The summed E-state index contributed by atoms with van der Waals surface area (Å²) in [6.45, 7) is 1.72. The third-order valence-electron chi connectivity index (χ3n) is 3.31. The van der Waals surface area contributed by atoms with Gasteiger partial charge in [0.15, 0.2) is 0 Å². The van der Waals surface area contributed by atoms with E-state index in [1.54, 1.807) is 13.0 Å². The molecule has 2 N–H and O–H groups in total. The normalized spacial score (nSPS) is 17.0. The molecule has 0 aliphatic carbocycles. The van der Waals surface area contributed by atoms with Crippen LogP contribution in [0, 0.1) is 16.0 Å². The molecule has 0 bridgehead atoms. The molecule has 1 aromatic rings. The van der Waals surface area contributed by atoms with Crippen LogP contribution in [-0.2, 0) is 9.59 Å². The van der Waals surface area contributed by atoms with Gasteiger partial charge in [0.2, 0.25) is 11.8 Å². The molecule has 2 amide bonds. The van der Waals surface area contributed by atoms with Crippen LogP contribution >= 0.6 is 0 Å². The second kappa shape index (κ2) is 7.25. The van der Waals surface area contributed by atoms with E-state index in [2.05, 4.69) is 21.1 Å². The molecule has 0 fully saturated rings. The van der Waals surface area contributed by atoms with E-state index in [4.69, 9.17) is 0 Å². The van der Waals surface area contributed by atoms with Gasteiger partial charge in [-0.05, 0) is 13.3 Å². The molecule has 1 atom stereocenters. The summed E-state index contributed by atoms with van der Waals surface area (Å²) in [6.07, 6.45) is 1.79. The zero-order valence-corrected chi connectivity index (χ0v) is 12.4. The molecule has 23 heavy (non-hydrogen) atoms. The number of hydrazone groups is 2. The minimum atomic E-state index is -0.507. The minimum Gasteiger partial charge on any atom is -0.273 e. The Kier molecular flexibility index (Phi) is 5.13. The predicted octanol–water partition coefficient (Wildman–Crippen LogP) is 0.947. The molecule has 9 nitrogen and oxygen atoms in total. The largest absolute Gasteiger partial charge is 0.273 e. The van der Waals surface area contributed by atoms with Crippen LogP contribution in [0.4, 0.5) is 5.69 Å². The van der Waals surface area contributed by atoms with Gasteiger partial charge in [0, 0.05) is 29.8 Å². The first-order valence-corrected chi connectivity index (χ1v) is 6.88. The molecule has 1 aliphatic rings. The fourth-order valence-corrected chi connectivity index (χ4v) is 2.06. The van der Waals surface area contributed by atoms with Gasteiger partial charge in [-0.1, -0.05) is 12.1 Å². The Balaban J connectivity index is 1.82. The quantitative estimate of drug-likeness (QED) is 0.460. The summed E-state index contributed by atoms with van der Waals surface area (Å²) >= 11 is 0. The predicted molar refractivity (Wildman–Crippen MR) is 82.8 cm³/mol. The Morgan fingerprint density at radius 1 is 1.57 bits per heavy atom. The number of nitrogens with zero attached hydrogens (tertiary/aromatic N) is 3. The van der Waals surface area contributed by atoms with E-state index in [0.717, 1.165) is 0 Å². The first-order chi connectivity index (χ1) is 11.0. The molecule has 0 spiro atoms. The highest BCUT2D eigenvalue weighted by Crippen LogP contribution is 2.14. The topological polar surface area (TPSA) is 126 Å². The van der Waals surface area contributed by atoms with Crippen molar-refractivity contribution in [3.8, 4) is 0 Å². The van der Waals surface area contributed by atoms with E-state index in [0.29, 0.717) is 17.7 Å². The number of non-ortho nitro benzene ring substituents is 1. The van der Waals surface area contributed by atoms with Gasteiger partial charge < -0.3 is 0 Å². The lowest BCUT2D eigenvalue weighted by atomic mass is 9.99. The van der Waals surface area contributed by atoms with Gasteiger partial charge in [-0.25, -0.2) is 10.9 Å². The average Bonchev–Trinajstić information content (AvgIpc) is 2.84. The smallest absolute Gasteiger partial charge is 0.270 e. The van der Waals surface area contributed by atoms with Crippen LogP contribution in [0.25, 0.3) is 0 Å². The van der Waals surface area contributed by atoms with Gasteiger partial charge in [0.05, 0.1) is 17.1 Å². The third-order valence-corrected chi connectivity index (χ3v) is 3.31. The molecular formula is C14H15N5O4. The number of carbonyl (C=O) groups excluding carboxylic acids is 2. The van der Waals surface area contributed by atoms with Crippen molar-refractivity contribution in [3.05, 3.63) is 39.9 Å². The standard InChI is InChI=1S/C14H15N5O4/c1-9-12(14(21)18-16-9)5-6-13(20)17-15-8-10-3-2-4-11(7-10)19(22)23/h2-4,7-8,12H,5-6H2,1H3,(H,17,20)(H,18,21)/b15-8-/t12-/m0/s1. The van der Waals surface area contributed by atoms with Crippen molar-refractivity contribution < 1.29 is 14.5 Å². The second-order valence-electron chi connectivity index (χ2n) is 4.97. The van der Waals surface area contributed by atoms with Gasteiger partial charge in [0.25, 0.3) is 5.69 Å². The van der Waals surface area contributed by atoms with Crippen molar-refractivity contribution in [1.82, 2.24) is 10.9 Å². The van der Waals surface area contributed by atoms with Crippen molar-refractivity contribution >= 4 is 29.4 Å². The molecular weight excluding hydrogens is 302 g/mol. The summed E-state index contributed by atoms with van der Waals surface area (Å²) in [5.41, 5.74) is 5.78. The fraction of sp³-hybridized carbons (Fsp3) is 0.286. The van der Waals surface area contributed by atoms with E-state index >= 15 is 0 Å². The Hall–Kier alpha value is -3.10. The van der Waals surface area contributed by atoms with E-state index in [1.165, 1.54) is 24.4 Å². The lowest BCUT2D eigenvalue weighted by Crippen LogP contribution is -2.25. The maximum absolute atomic E-state index is 11.7. The highest BCUT2D eigenvalue weighted by atomic mass is 16.6. The molecule has 0 unspecified atom stereocenters. The molecule has 9 heteroatoms. The van der Waals surface area contributed by atoms with Crippen LogP contribution < -0.4 is 10.9 Å². The maximum Gasteiger partial charge on any atom is 0.270 e. The van der Waals surface area contributed by atoms with Crippen molar-refractivity contribution in [2.45, 2.75) is 19.8 Å². The number of nitrogens with one attached hydrogen (secondary N) is 2. The van der Waals surface area contributed by atoms with Gasteiger partial charge in [-0.15, -0.1) is 0 Å². The minimum absolute atomic E-state index is 0.0534. The van der Waals surface area contributed by atoms with Crippen LogP contribution in [0.5, 0.6) is 0 Å². The summed E-state index contributed by atoms with van der Waals surface area (Å²) in [7, 11) is 0. The number of amides is 2. The molecule has 0 radical (unpaired) electrons. The van der Waals surface area contributed by atoms with Gasteiger partial charge in [-0.3, -0.25) is 19.7 Å². The van der Waals surface area contributed by atoms with E-state index < -0.39 is 4.92 Å². The molecule has 1 aromatic carbocycles.